The number of hydrogen-bond donors (Lipinski definition) is 1. The van der Waals surface area contributed by atoms with Crippen LogP contribution >= 0.6 is 11.3 Å². The van der Waals surface area contributed by atoms with Crippen LogP contribution in [0.25, 0.3) is 0 Å². The van der Waals surface area contributed by atoms with Crippen molar-refractivity contribution in [2.75, 3.05) is 19.5 Å². The molecule has 0 aliphatic heterocycles. The van der Waals surface area contributed by atoms with E-state index in [2.05, 4.69) is 22.4 Å². The normalized spacial score (nSPS) is 20.5. The number of amides is 1. The van der Waals surface area contributed by atoms with Crippen LogP contribution in [-0.4, -0.2) is 25.1 Å². The fraction of sp³-hybridized carbons (Fsp3) is 0.273. The number of thiazole rings is 1. The summed E-state index contributed by atoms with van der Waals surface area (Å²) in [7, 11) is 3.31. The van der Waals surface area contributed by atoms with Gasteiger partial charge in [-0.3, -0.25) is 4.79 Å². The van der Waals surface area contributed by atoms with Crippen molar-refractivity contribution < 1.29 is 14.3 Å². The Bertz CT molecular complexity index is 1000. The Labute approximate surface area is 168 Å². The lowest BCUT2D eigenvalue weighted by atomic mass is 9.73. The van der Waals surface area contributed by atoms with Crippen molar-refractivity contribution >= 4 is 22.4 Å². The van der Waals surface area contributed by atoms with Crippen molar-refractivity contribution in [2.24, 2.45) is 5.41 Å². The maximum atomic E-state index is 13.4. The summed E-state index contributed by atoms with van der Waals surface area (Å²) in [5.74, 6) is 1.41. The minimum Gasteiger partial charge on any atom is -0.497 e. The summed E-state index contributed by atoms with van der Waals surface area (Å²) in [5, 5.41) is 5.47. The lowest BCUT2D eigenvalue weighted by Crippen LogP contribution is -2.37. The molecular weight excluding hydrogens is 372 g/mol. The monoisotopic (exact) mass is 394 g/mol. The first-order chi connectivity index (χ1) is 13.5. The van der Waals surface area contributed by atoms with Gasteiger partial charge in [-0.25, -0.2) is 4.98 Å². The summed E-state index contributed by atoms with van der Waals surface area (Å²) in [6, 6.07) is 14.0. The number of ether oxygens (including phenoxy) is 2. The minimum atomic E-state index is -0.660. The molecule has 0 fully saturated rings. The topological polar surface area (TPSA) is 60.5 Å². The van der Waals surface area contributed by atoms with Gasteiger partial charge in [0.2, 0.25) is 5.91 Å². The summed E-state index contributed by atoms with van der Waals surface area (Å²) in [6.45, 7) is 2.02. The third kappa shape index (κ3) is 3.14. The highest BCUT2D eigenvalue weighted by Crippen LogP contribution is 2.52. The number of carbonyl (C=O) groups is 1. The maximum Gasteiger partial charge on any atom is 0.233 e. The van der Waals surface area contributed by atoms with Crippen LogP contribution in [0.4, 0.5) is 5.13 Å². The molecule has 1 amide bonds. The number of nitrogens with one attached hydrogen (secondary N) is 1. The number of carbonyl (C=O) groups excluding carboxylic acids is 1. The van der Waals surface area contributed by atoms with E-state index in [1.807, 2.05) is 42.6 Å². The Balaban J connectivity index is 1.81. The molecule has 28 heavy (non-hydrogen) atoms. The van der Waals surface area contributed by atoms with E-state index in [1.54, 1.807) is 20.4 Å². The number of fused-ring (bicyclic) bond motifs is 1. The van der Waals surface area contributed by atoms with E-state index < -0.39 is 5.41 Å². The van der Waals surface area contributed by atoms with Crippen LogP contribution in [0.15, 0.2) is 54.0 Å². The number of benzene rings is 2. The first-order valence-corrected chi connectivity index (χ1v) is 9.95. The molecular formula is C22H22N2O3S. The summed E-state index contributed by atoms with van der Waals surface area (Å²) in [6.07, 6.45) is 2.34. The molecule has 5 nitrogen and oxygen atoms in total. The molecule has 1 N–H and O–H groups in total. The average Bonchev–Trinajstić information content (AvgIpc) is 3.32. The SMILES string of the molecule is COc1cccc([C@@H]2c3cc(OC)ccc3C[C@]2(C)C(=O)Nc2nccs2)c1. The Hall–Kier alpha value is -2.86. The van der Waals surface area contributed by atoms with Gasteiger partial charge in [0.25, 0.3) is 0 Å². The predicted molar refractivity (Wildman–Crippen MR) is 110 cm³/mol. The van der Waals surface area contributed by atoms with Crippen molar-refractivity contribution in [1.82, 2.24) is 4.98 Å². The minimum absolute atomic E-state index is 0.0366. The molecule has 0 radical (unpaired) electrons. The molecule has 1 aliphatic rings. The van der Waals surface area contributed by atoms with Gasteiger partial charge in [0.15, 0.2) is 5.13 Å². The first-order valence-electron chi connectivity index (χ1n) is 9.07. The van der Waals surface area contributed by atoms with Crippen molar-refractivity contribution in [3.63, 3.8) is 0 Å². The van der Waals surface area contributed by atoms with Crippen molar-refractivity contribution in [1.29, 1.82) is 0 Å². The predicted octanol–water partition coefficient (Wildman–Crippen LogP) is 4.49. The third-order valence-electron chi connectivity index (χ3n) is 5.46. The van der Waals surface area contributed by atoms with E-state index in [9.17, 15) is 4.79 Å². The maximum absolute atomic E-state index is 13.4. The number of aromatic nitrogens is 1. The van der Waals surface area contributed by atoms with E-state index in [1.165, 1.54) is 11.3 Å². The molecule has 1 aromatic heterocycles. The second-order valence-corrected chi connectivity index (χ2v) is 8.05. The average molecular weight is 394 g/mol. The largest absolute Gasteiger partial charge is 0.497 e. The number of methoxy groups -OCH3 is 2. The zero-order chi connectivity index (χ0) is 19.7. The van der Waals surface area contributed by atoms with Gasteiger partial charge in [-0.05, 0) is 54.3 Å². The van der Waals surface area contributed by atoms with Gasteiger partial charge < -0.3 is 14.8 Å². The molecule has 4 rings (SSSR count). The highest BCUT2D eigenvalue weighted by molar-refractivity contribution is 7.13. The highest BCUT2D eigenvalue weighted by Gasteiger charge is 2.49. The molecule has 0 unspecified atom stereocenters. The molecule has 0 spiro atoms. The molecule has 3 aromatic rings. The van der Waals surface area contributed by atoms with E-state index in [0.29, 0.717) is 11.6 Å². The van der Waals surface area contributed by atoms with Gasteiger partial charge in [-0.1, -0.05) is 18.2 Å². The van der Waals surface area contributed by atoms with Crippen LogP contribution in [-0.2, 0) is 11.2 Å². The van der Waals surface area contributed by atoms with Gasteiger partial charge >= 0.3 is 0 Å². The molecule has 0 saturated carbocycles. The van der Waals surface area contributed by atoms with Gasteiger partial charge in [0.05, 0.1) is 19.6 Å². The van der Waals surface area contributed by atoms with Crippen molar-refractivity contribution in [3.05, 3.63) is 70.7 Å². The Morgan fingerprint density at radius 3 is 2.68 bits per heavy atom. The number of nitrogens with zero attached hydrogens (tertiary/aromatic N) is 1. The van der Waals surface area contributed by atoms with Gasteiger partial charge in [0.1, 0.15) is 11.5 Å². The van der Waals surface area contributed by atoms with Crippen LogP contribution < -0.4 is 14.8 Å². The van der Waals surface area contributed by atoms with E-state index in [0.717, 1.165) is 28.2 Å². The Kier molecular flexibility index (Phi) is 4.81. The molecule has 2 atom stereocenters. The van der Waals surface area contributed by atoms with E-state index in [-0.39, 0.29) is 11.8 Å². The van der Waals surface area contributed by atoms with Crippen LogP contribution in [0.2, 0.25) is 0 Å². The molecule has 0 bridgehead atoms. The lowest BCUT2D eigenvalue weighted by Gasteiger charge is -2.31. The standard InChI is InChI=1S/C22H22N2O3S/c1-22(20(25)24-21-23-9-10-28-21)13-15-7-8-17(27-3)12-18(15)19(22)14-5-4-6-16(11-14)26-2/h4-12,19H,13H2,1-3H3,(H,23,24,25)/t19-,22+/m1/s1. The second kappa shape index (κ2) is 7.28. The molecule has 0 saturated heterocycles. The van der Waals surface area contributed by atoms with Gasteiger partial charge in [-0.15, -0.1) is 11.3 Å². The number of anilines is 1. The van der Waals surface area contributed by atoms with E-state index >= 15 is 0 Å². The smallest absolute Gasteiger partial charge is 0.233 e. The summed E-state index contributed by atoms with van der Waals surface area (Å²) in [4.78, 5) is 17.6. The Morgan fingerprint density at radius 1 is 1.18 bits per heavy atom. The molecule has 1 heterocycles. The highest BCUT2D eigenvalue weighted by atomic mass is 32.1. The van der Waals surface area contributed by atoms with Crippen LogP contribution in [0, 0.1) is 5.41 Å². The summed E-state index contributed by atoms with van der Waals surface area (Å²) in [5.41, 5.74) is 2.66. The molecule has 144 valence electrons. The summed E-state index contributed by atoms with van der Waals surface area (Å²) >= 11 is 1.42. The summed E-state index contributed by atoms with van der Waals surface area (Å²) < 4.78 is 10.9. The number of rotatable bonds is 5. The fourth-order valence-corrected chi connectivity index (χ4v) is 4.60. The molecule has 2 aromatic carbocycles. The fourth-order valence-electron chi connectivity index (χ4n) is 4.08. The zero-order valence-corrected chi connectivity index (χ0v) is 16.9. The zero-order valence-electron chi connectivity index (χ0n) is 16.1. The third-order valence-corrected chi connectivity index (χ3v) is 6.15. The van der Waals surface area contributed by atoms with Crippen molar-refractivity contribution in [2.45, 2.75) is 19.3 Å². The molecule has 1 aliphatic carbocycles. The molecule has 6 heteroatoms. The Morgan fingerprint density at radius 2 is 1.96 bits per heavy atom. The van der Waals surface area contributed by atoms with E-state index in [4.69, 9.17) is 9.47 Å². The number of hydrogen-bond acceptors (Lipinski definition) is 5. The second-order valence-electron chi connectivity index (χ2n) is 7.16. The van der Waals surface area contributed by atoms with Crippen LogP contribution in [0.1, 0.15) is 29.5 Å². The van der Waals surface area contributed by atoms with Crippen LogP contribution in [0.3, 0.4) is 0 Å². The van der Waals surface area contributed by atoms with Crippen LogP contribution in [0.5, 0.6) is 11.5 Å². The van der Waals surface area contributed by atoms with Gasteiger partial charge in [-0.2, -0.15) is 0 Å². The quantitative estimate of drug-likeness (QED) is 0.692. The van der Waals surface area contributed by atoms with Crippen molar-refractivity contribution in [3.8, 4) is 11.5 Å². The first kappa shape index (κ1) is 18.5. The lowest BCUT2D eigenvalue weighted by molar-refractivity contribution is -0.125. The van der Waals surface area contributed by atoms with Gasteiger partial charge in [0, 0.05) is 17.5 Å².